The van der Waals surface area contributed by atoms with E-state index in [4.69, 9.17) is 10.3 Å². The number of nitrogens with zero attached hydrogens (tertiary/aromatic N) is 4. The summed E-state index contributed by atoms with van der Waals surface area (Å²) in [6.45, 7) is 7.05. The minimum atomic E-state index is -1.32. The molecule has 0 aromatic carbocycles. The van der Waals surface area contributed by atoms with E-state index in [1.54, 1.807) is 0 Å². The van der Waals surface area contributed by atoms with Gasteiger partial charge in [-0.15, -0.1) is 0 Å². The number of amides is 1. The lowest BCUT2D eigenvalue weighted by atomic mass is 10.0. The number of carbonyl (C=O) groups excluding carboxylic acids is 2. The van der Waals surface area contributed by atoms with Gasteiger partial charge in [-0.2, -0.15) is 5.06 Å². The first kappa shape index (κ1) is 16.3. The predicted molar refractivity (Wildman–Crippen MR) is 82.0 cm³/mol. The summed E-state index contributed by atoms with van der Waals surface area (Å²) in [6.07, 6.45) is 0.207. The summed E-state index contributed by atoms with van der Waals surface area (Å²) in [5.74, 6) is 0.0485. The van der Waals surface area contributed by atoms with E-state index in [9.17, 15) is 14.4 Å². The number of ketones is 2. The number of rotatable bonds is 4. The van der Waals surface area contributed by atoms with Gasteiger partial charge in [-0.1, -0.05) is 0 Å². The van der Waals surface area contributed by atoms with Crippen LogP contribution < -0.4 is 0 Å². The minimum Gasteiger partial charge on any atom is -0.463 e. The summed E-state index contributed by atoms with van der Waals surface area (Å²) >= 11 is 0. The molecule has 2 N–H and O–H groups in total. The second kappa shape index (κ2) is 6.16. The highest BCUT2D eigenvalue weighted by Crippen LogP contribution is 2.33. The number of hydrogen-bond acceptors (Lipinski definition) is 7. The lowest BCUT2D eigenvalue weighted by molar-refractivity contribution is -0.117. The van der Waals surface area contributed by atoms with Gasteiger partial charge in [0, 0.05) is 51.9 Å². The molecule has 9 heteroatoms. The van der Waals surface area contributed by atoms with Gasteiger partial charge in [0.05, 0.1) is 5.70 Å². The third-order valence-corrected chi connectivity index (χ3v) is 4.01. The van der Waals surface area contributed by atoms with Crippen molar-refractivity contribution in [2.45, 2.75) is 6.92 Å². The Hall–Kier alpha value is -2.55. The maximum absolute atomic E-state index is 12.4. The molecule has 0 aromatic rings. The van der Waals surface area contributed by atoms with E-state index in [1.165, 1.54) is 13.0 Å². The van der Waals surface area contributed by atoms with Gasteiger partial charge in [-0.3, -0.25) is 14.8 Å². The van der Waals surface area contributed by atoms with Gasteiger partial charge in [-0.25, -0.2) is 4.79 Å². The van der Waals surface area contributed by atoms with E-state index >= 15 is 0 Å². The molecule has 3 fully saturated rings. The quantitative estimate of drug-likeness (QED) is 0.308. The molecular weight excluding hydrogens is 316 g/mol. The molecule has 0 atom stereocenters. The van der Waals surface area contributed by atoms with Crippen LogP contribution >= 0.6 is 0 Å². The fourth-order valence-electron chi connectivity index (χ4n) is 2.41. The smallest absolute Gasteiger partial charge is 0.431 e. The lowest BCUT2D eigenvalue weighted by Gasteiger charge is -2.21. The van der Waals surface area contributed by atoms with Gasteiger partial charge in [0.25, 0.3) is 0 Å². The van der Waals surface area contributed by atoms with Crippen LogP contribution in [0.3, 0.4) is 0 Å². The summed E-state index contributed by atoms with van der Waals surface area (Å²) < 4.78 is 0. The zero-order valence-electron chi connectivity index (χ0n) is 13.4. The van der Waals surface area contributed by atoms with Crippen LogP contribution in [0.4, 0.5) is 4.79 Å². The molecule has 9 nitrogen and oxygen atoms in total. The highest BCUT2D eigenvalue weighted by molar-refractivity contribution is 6.22. The maximum Gasteiger partial charge on any atom is 0.431 e. The Morgan fingerprint density at radius 1 is 1.04 bits per heavy atom. The van der Waals surface area contributed by atoms with Crippen molar-refractivity contribution in [3.05, 3.63) is 23.2 Å². The fraction of sp³-hybridized carbons (Fsp3) is 0.533. The molecule has 0 spiro atoms. The standard InChI is InChI=1S/C12H13N3O2.C3H7NO3/c16-9-7-8(13-1-2-13)12(17)11(15-5-6-15)10(9)14-3-4-14;1-2-4(7)3(5)6/h7H,1-6H2;7H,2H2,1H3,(H,5,6). The zero-order chi connectivity index (χ0) is 17.4. The minimum absolute atomic E-state index is 0.00546. The van der Waals surface area contributed by atoms with Crippen molar-refractivity contribution in [1.29, 1.82) is 0 Å². The van der Waals surface area contributed by atoms with Crippen molar-refractivity contribution in [2.75, 3.05) is 45.8 Å². The lowest BCUT2D eigenvalue weighted by Crippen LogP contribution is -2.29. The van der Waals surface area contributed by atoms with Crippen LogP contribution in [0.2, 0.25) is 0 Å². The average molecular weight is 336 g/mol. The predicted octanol–water partition coefficient (Wildman–Crippen LogP) is -0.444. The van der Waals surface area contributed by atoms with Gasteiger partial charge in [0.15, 0.2) is 0 Å². The van der Waals surface area contributed by atoms with Gasteiger partial charge in [-0.05, 0) is 6.92 Å². The van der Waals surface area contributed by atoms with Crippen molar-refractivity contribution in [3.8, 4) is 0 Å². The molecule has 0 aromatic heterocycles. The third-order valence-electron chi connectivity index (χ3n) is 4.01. The molecule has 24 heavy (non-hydrogen) atoms. The van der Waals surface area contributed by atoms with Gasteiger partial charge >= 0.3 is 6.09 Å². The molecule has 130 valence electrons. The first-order valence-corrected chi connectivity index (χ1v) is 7.93. The highest BCUT2D eigenvalue weighted by Gasteiger charge is 2.43. The molecule has 4 aliphatic rings. The molecule has 4 rings (SSSR count). The summed E-state index contributed by atoms with van der Waals surface area (Å²) in [6, 6.07) is 0. The van der Waals surface area contributed by atoms with E-state index in [0.29, 0.717) is 17.1 Å². The summed E-state index contributed by atoms with van der Waals surface area (Å²) in [5.41, 5.74) is 1.89. The highest BCUT2D eigenvalue weighted by atomic mass is 16.6. The first-order valence-electron chi connectivity index (χ1n) is 7.93. The third kappa shape index (κ3) is 3.35. The zero-order valence-corrected chi connectivity index (χ0v) is 13.4. The Kier molecular flexibility index (Phi) is 4.18. The van der Waals surface area contributed by atoms with Crippen LogP contribution in [-0.4, -0.2) is 93.5 Å². The topological polar surface area (TPSA) is 104 Å². The second-order valence-corrected chi connectivity index (χ2v) is 5.88. The maximum atomic E-state index is 12.4. The number of carbonyl (C=O) groups is 3. The second-order valence-electron chi connectivity index (χ2n) is 5.88. The van der Waals surface area contributed by atoms with Crippen molar-refractivity contribution in [2.24, 2.45) is 0 Å². The first-order chi connectivity index (χ1) is 11.4. The van der Waals surface area contributed by atoms with Gasteiger partial charge in [0.1, 0.15) is 11.4 Å². The molecular formula is C15H20N4O5. The molecule has 3 heterocycles. The summed E-state index contributed by atoms with van der Waals surface area (Å²) in [5, 5.41) is 16.2. The Morgan fingerprint density at radius 3 is 1.92 bits per heavy atom. The van der Waals surface area contributed by atoms with Crippen molar-refractivity contribution in [3.63, 3.8) is 0 Å². The molecule has 3 saturated heterocycles. The van der Waals surface area contributed by atoms with E-state index in [0.717, 1.165) is 39.3 Å². The molecule has 0 bridgehead atoms. The largest absolute Gasteiger partial charge is 0.463 e. The van der Waals surface area contributed by atoms with Crippen LogP contribution in [-0.2, 0) is 9.59 Å². The van der Waals surface area contributed by atoms with Crippen LogP contribution in [0.25, 0.3) is 0 Å². The van der Waals surface area contributed by atoms with Gasteiger partial charge in [0.2, 0.25) is 11.6 Å². The van der Waals surface area contributed by atoms with E-state index in [-0.39, 0.29) is 23.2 Å². The number of Topliss-reactive ketones (excluding diaryl/α,β-unsaturated/α-hetero) is 1. The average Bonchev–Trinajstić information content (AvgIpc) is 3.41. The Morgan fingerprint density at radius 2 is 1.54 bits per heavy atom. The Labute approximate surface area is 139 Å². The van der Waals surface area contributed by atoms with Crippen molar-refractivity contribution < 1.29 is 24.7 Å². The number of allylic oxidation sites excluding steroid dienone is 1. The van der Waals surface area contributed by atoms with Crippen LogP contribution in [0.5, 0.6) is 0 Å². The molecule has 1 amide bonds. The Balaban J connectivity index is 0.000000209. The number of carboxylic acid groups (broad SMARTS) is 1. The van der Waals surface area contributed by atoms with Crippen LogP contribution in [0.1, 0.15) is 6.92 Å². The van der Waals surface area contributed by atoms with Crippen molar-refractivity contribution in [1.82, 2.24) is 19.8 Å². The summed E-state index contributed by atoms with van der Waals surface area (Å²) in [4.78, 5) is 40.1. The SMILES string of the molecule is CCN(O)C(=O)O.O=C1C=C(N2CC2)C(=O)C(N2CC2)=C1N1CC1. The molecule has 1 aliphatic carbocycles. The monoisotopic (exact) mass is 336 g/mol. The van der Waals surface area contributed by atoms with Gasteiger partial charge < -0.3 is 19.8 Å². The number of hydroxylamine groups is 2. The molecule has 0 unspecified atom stereocenters. The Bertz CT molecular complexity index is 644. The van der Waals surface area contributed by atoms with E-state index < -0.39 is 6.09 Å². The van der Waals surface area contributed by atoms with E-state index in [1.807, 2.05) is 14.7 Å². The molecule has 0 saturated carbocycles. The van der Waals surface area contributed by atoms with Crippen molar-refractivity contribution >= 4 is 17.7 Å². The normalized spacial score (nSPS) is 21.2. The molecule has 3 aliphatic heterocycles. The number of hydrogen-bond donors (Lipinski definition) is 2. The fourth-order valence-corrected chi connectivity index (χ4v) is 2.41. The molecule has 0 radical (unpaired) electrons. The van der Waals surface area contributed by atoms with Crippen LogP contribution in [0, 0.1) is 0 Å². The summed E-state index contributed by atoms with van der Waals surface area (Å²) in [7, 11) is 0. The van der Waals surface area contributed by atoms with E-state index in [2.05, 4.69) is 0 Å². The van der Waals surface area contributed by atoms with Crippen LogP contribution in [0.15, 0.2) is 23.2 Å².